The molecule has 3 rings (SSSR count). The van der Waals surface area contributed by atoms with E-state index in [9.17, 15) is 4.79 Å². The molecule has 5 heteroatoms. The number of H-pyrrole nitrogens is 1. The second-order valence-electron chi connectivity index (χ2n) is 4.87. The molecule has 3 heterocycles. The van der Waals surface area contributed by atoms with E-state index in [1.165, 1.54) is 6.07 Å². The van der Waals surface area contributed by atoms with Crippen LogP contribution in [0.15, 0.2) is 35.4 Å². The van der Waals surface area contributed by atoms with E-state index in [0.717, 1.165) is 24.9 Å². The van der Waals surface area contributed by atoms with Crippen molar-refractivity contribution in [3.05, 3.63) is 40.9 Å². The second-order valence-corrected chi connectivity index (χ2v) is 4.87. The Morgan fingerprint density at radius 2 is 2.16 bits per heavy atom. The molecule has 1 aliphatic rings. The number of anilines is 1. The molecule has 0 spiro atoms. The maximum atomic E-state index is 11.8. The van der Waals surface area contributed by atoms with Crippen molar-refractivity contribution >= 4 is 5.95 Å². The summed E-state index contributed by atoms with van der Waals surface area (Å²) in [6.45, 7) is 3.11. The molecule has 19 heavy (non-hydrogen) atoms. The summed E-state index contributed by atoms with van der Waals surface area (Å²) >= 11 is 0. The van der Waals surface area contributed by atoms with Crippen LogP contribution in [-0.2, 0) is 0 Å². The van der Waals surface area contributed by atoms with Crippen molar-refractivity contribution in [2.75, 3.05) is 11.4 Å². The number of aromatic nitrogens is 3. The van der Waals surface area contributed by atoms with Crippen LogP contribution in [0.3, 0.4) is 0 Å². The van der Waals surface area contributed by atoms with E-state index in [-0.39, 0.29) is 5.56 Å². The van der Waals surface area contributed by atoms with Crippen molar-refractivity contribution < 1.29 is 0 Å². The van der Waals surface area contributed by atoms with Crippen LogP contribution in [0.4, 0.5) is 5.95 Å². The van der Waals surface area contributed by atoms with E-state index in [1.54, 1.807) is 12.4 Å². The molecule has 0 amide bonds. The predicted molar refractivity (Wildman–Crippen MR) is 74.1 cm³/mol. The number of hydrogen-bond donors (Lipinski definition) is 1. The molecule has 0 aliphatic carbocycles. The van der Waals surface area contributed by atoms with E-state index >= 15 is 0 Å². The van der Waals surface area contributed by atoms with Crippen molar-refractivity contribution in [3.8, 4) is 11.3 Å². The third kappa shape index (κ3) is 2.36. The van der Waals surface area contributed by atoms with Gasteiger partial charge < -0.3 is 4.90 Å². The molecule has 1 fully saturated rings. The smallest absolute Gasteiger partial charge is 0.252 e. The minimum absolute atomic E-state index is 0.115. The molecule has 1 aliphatic heterocycles. The Morgan fingerprint density at radius 3 is 2.84 bits per heavy atom. The van der Waals surface area contributed by atoms with Crippen LogP contribution in [0, 0.1) is 0 Å². The van der Waals surface area contributed by atoms with Crippen LogP contribution in [0.5, 0.6) is 0 Å². The molecule has 2 aromatic rings. The van der Waals surface area contributed by atoms with E-state index < -0.39 is 0 Å². The van der Waals surface area contributed by atoms with Gasteiger partial charge in [-0.25, -0.2) is 4.98 Å². The molecular formula is C14H16N4O. The first-order valence-electron chi connectivity index (χ1n) is 6.52. The Labute approximate surface area is 111 Å². The van der Waals surface area contributed by atoms with Gasteiger partial charge in [-0.3, -0.25) is 14.8 Å². The van der Waals surface area contributed by atoms with Gasteiger partial charge in [0.1, 0.15) is 0 Å². The Hall–Kier alpha value is -2.17. The lowest BCUT2D eigenvalue weighted by Crippen LogP contribution is -2.30. The van der Waals surface area contributed by atoms with Crippen LogP contribution in [0.2, 0.25) is 0 Å². The van der Waals surface area contributed by atoms with Crippen molar-refractivity contribution in [1.82, 2.24) is 15.0 Å². The summed E-state index contributed by atoms with van der Waals surface area (Å²) in [6, 6.07) is 5.67. The monoisotopic (exact) mass is 256 g/mol. The van der Waals surface area contributed by atoms with Crippen molar-refractivity contribution in [2.45, 2.75) is 25.8 Å². The fourth-order valence-corrected chi connectivity index (χ4v) is 2.50. The predicted octanol–water partition coefficient (Wildman–Crippen LogP) is 1.82. The third-order valence-electron chi connectivity index (χ3n) is 3.53. The molecule has 0 saturated carbocycles. The highest BCUT2D eigenvalue weighted by atomic mass is 16.1. The fraction of sp³-hybridized carbons (Fsp3) is 0.357. The fourth-order valence-electron chi connectivity index (χ4n) is 2.50. The van der Waals surface area contributed by atoms with E-state index in [0.29, 0.717) is 17.7 Å². The number of nitrogens with one attached hydrogen (secondary N) is 1. The number of pyridine rings is 1. The van der Waals surface area contributed by atoms with Gasteiger partial charge in [-0.15, -0.1) is 0 Å². The Bertz CT molecular complexity index is 623. The van der Waals surface area contributed by atoms with Gasteiger partial charge in [0, 0.05) is 36.6 Å². The highest BCUT2D eigenvalue weighted by molar-refractivity contribution is 5.59. The number of hydrogen-bond acceptors (Lipinski definition) is 4. The normalized spacial score (nSPS) is 18.8. The lowest BCUT2D eigenvalue weighted by atomic mass is 10.2. The van der Waals surface area contributed by atoms with Crippen LogP contribution in [-0.4, -0.2) is 27.5 Å². The van der Waals surface area contributed by atoms with Crippen LogP contribution in [0.1, 0.15) is 19.8 Å². The summed E-state index contributed by atoms with van der Waals surface area (Å²) in [5.74, 6) is 0.671. The van der Waals surface area contributed by atoms with Crippen LogP contribution in [0.25, 0.3) is 11.3 Å². The first-order valence-corrected chi connectivity index (χ1v) is 6.52. The van der Waals surface area contributed by atoms with Crippen LogP contribution < -0.4 is 10.5 Å². The van der Waals surface area contributed by atoms with Gasteiger partial charge in [-0.2, -0.15) is 0 Å². The van der Waals surface area contributed by atoms with Gasteiger partial charge in [0.15, 0.2) is 0 Å². The van der Waals surface area contributed by atoms with Crippen molar-refractivity contribution in [3.63, 3.8) is 0 Å². The first-order chi connectivity index (χ1) is 9.24. The van der Waals surface area contributed by atoms with Crippen molar-refractivity contribution in [1.29, 1.82) is 0 Å². The minimum atomic E-state index is -0.115. The van der Waals surface area contributed by atoms with Gasteiger partial charge in [0.25, 0.3) is 5.56 Å². The topological polar surface area (TPSA) is 61.9 Å². The molecule has 98 valence electrons. The number of rotatable bonds is 2. The molecule has 1 N–H and O–H groups in total. The van der Waals surface area contributed by atoms with Gasteiger partial charge >= 0.3 is 0 Å². The lowest BCUT2D eigenvalue weighted by molar-refractivity contribution is 0.716. The molecule has 1 unspecified atom stereocenters. The average Bonchev–Trinajstić information content (AvgIpc) is 2.85. The quantitative estimate of drug-likeness (QED) is 0.890. The van der Waals surface area contributed by atoms with Gasteiger partial charge in [-0.05, 0) is 31.9 Å². The van der Waals surface area contributed by atoms with Gasteiger partial charge in [0.2, 0.25) is 5.95 Å². The maximum Gasteiger partial charge on any atom is 0.252 e. The largest absolute Gasteiger partial charge is 0.340 e. The molecule has 0 bridgehead atoms. The number of nitrogens with zero attached hydrogens (tertiary/aromatic N) is 3. The summed E-state index contributed by atoms with van der Waals surface area (Å²) in [6.07, 6.45) is 5.69. The first kappa shape index (κ1) is 11.9. The summed E-state index contributed by atoms with van der Waals surface area (Å²) in [4.78, 5) is 25.4. The Balaban J connectivity index is 2.04. The zero-order chi connectivity index (χ0) is 13.2. The van der Waals surface area contributed by atoms with E-state index in [4.69, 9.17) is 0 Å². The zero-order valence-electron chi connectivity index (χ0n) is 10.8. The molecule has 0 aromatic carbocycles. The van der Waals surface area contributed by atoms with Gasteiger partial charge in [0.05, 0.1) is 5.69 Å². The van der Waals surface area contributed by atoms with E-state index in [1.807, 2.05) is 12.1 Å². The molecule has 1 saturated heterocycles. The summed E-state index contributed by atoms with van der Waals surface area (Å²) < 4.78 is 0. The summed E-state index contributed by atoms with van der Waals surface area (Å²) in [5.41, 5.74) is 1.49. The highest BCUT2D eigenvalue weighted by Crippen LogP contribution is 2.23. The molecule has 0 radical (unpaired) electrons. The molecular weight excluding hydrogens is 240 g/mol. The Morgan fingerprint density at radius 1 is 1.37 bits per heavy atom. The maximum absolute atomic E-state index is 11.8. The third-order valence-corrected chi connectivity index (χ3v) is 3.53. The van der Waals surface area contributed by atoms with Crippen molar-refractivity contribution in [2.24, 2.45) is 0 Å². The molecule has 2 aromatic heterocycles. The highest BCUT2D eigenvalue weighted by Gasteiger charge is 2.22. The number of aromatic amines is 1. The second kappa shape index (κ2) is 4.84. The van der Waals surface area contributed by atoms with Crippen LogP contribution >= 0.6 is 0 Å². The summed E-state index contributed by atoms with van der Waals surface area (Å²) in [5, 5.41) is 0. The lowest BCUT2D eigenvalue weighted by Gasteiger charge is -2.22. The van der Waals surface area contributed by atoms with Gasteiger partial charge in [-0.1, -0.05) is 0 Å². The standard InChI is InChI=1S/C14H16N4O/c1-10-3-2-8-18(10)14-16-12(9-13(19)17-14)11-4-6-15-7-5-11/h4-7,9-10H,2-3,8H2,1H3,(H,16,17,19). The van der Waals surface area contributed by atoms with E-state index in [2.05, 4.69) is 26.8 Å². The minimum Gasteiger partial charge on any atom is -0.340 e. The average molecular weight is 256 g/mol. The molecule has 5 nitrogen and oxygen atoms in total. The summed E-state index contributed by atoms with van der Waals surface area (Å²) in [7, 11) is 0. The SMILES string of the molecule is CC1CCCN1c1nc(-c2ccncc2)cc(=O)[nH]1. The zero-order valence-corrected chi connectivity index (χ0v) is 10.8. The Kier molecular flexibility index (Phi) is 3.03. The molecule has 1 atom stereocenters.